The first-order valence-corrected chi connectivity index (χ1v) is 17.2. The summed E-state index contributed by atoms with van der Waals surface area (Å²) in [7, 11) is 0. The van der Waals surface area contributed by atoms with Crippen LogP contribution >= 0.6 is 0 Å². The number of hydrogen-bond acceptors (Lipinski definition) is 11. The van der Waals surface area contributed by atoms with Gasteiger partial charge in [-0.2, -0.15) is 52.7 Å². The van der Waals surface area contributed by atoms with Gasteiger partial charge in [0, 0.05) is 62.7 Å². The van der Waals surface area contributed by atoms with Crippen LogP contribution in [0.25, 0.3) is 0 Å². The molecule has 3 saturated heterocycles. The average Bonchev–Trinajstić information content (AvgIpc) is 3.98. The van der Waals surface area contributed by atoms with E-state index in [1.165, 1.54) is 52.4 Å². The second-order valence-corrected chi connectivity index (χ2v) is 11.4. The summed E-state index contributed by atoms with van der Waals surface area (Å²) in [6, 6.07) is 1.97. The number of aliphatic carboxylic acids is 2. The number of carbonyl (C=O) groups excluding carboxylic acids is 4. The van der Waals surface area contributed by atoms with Crippen molar-refractivity contribution >= 4 is 23.9 Å². The van der Waals surface area contributed by atoms with E-state index in [0.29, 0.717) is 12.1 Å². The van der Waals surface area contributed by atoms with Gasteiger partial charge in [-0.05, 0) is 75.6 Å². The normalized spacial score (nSPS) is 14.1. The number of benzene rings is 2. The number of carboxylic acid groups (broad SMARTS) is 4. The van der Waals surface area contributed by atoms with E-state index in [0.717, 1.165) is 39.6 Å². The molecule has 0 atom stereocenters. The van der Waals surface area contributed by atoms with Gasteiger partial charge in [-0.3, -0.25) is 0 Å². The molecule has 3 heterocycles. The summed E-state index contributed by atoms with van der Waals surface area (Å²) in [5.74, 6) is -7.04. The Morgan fingerprint density at radius 3 is 0.689 bits per heavy atom. The number of halogens is 12. The van der Waals surface area contributed by atoms with Crippen LogP contribution in [0.1, 0.15) is 108 Å². The fourth-order valence-electron chi connectivity index (χ4n) is 4.02. The van der Waals surface area contributed by atoms with Gasteiger partial charge >= 0.3 is 63.7 Å². The summed E-state index contributed by atoms with van der Waals surface area (Å²) >= 11 is 0. The van der Waals surface area contributed by atoms with Crippen molar-refractivity contribution in [2.24, 2.45) is 0 Å². The van der Waals surface area contributed by atoms with Crippen molar-refractivity contribution in [3.8, 4) is 0 Å². The van der Waals surface area contributed by atoms with Crippen molar-refractivity contribution in [1.82, 2.24) is 0 Å². The SMILES string of the molecule is C1CCOC1.C1CCOC1.C1CCOC1.CCC(=O)[O-].CCC(=O)[O-].O=C([O-])c1c(C(F)(F)F)cccc1C(F)(F)F.O=C([O-])c1c(C(F)(F)F)cccc1C(F)(F)F.[Ru+2].[Ru+2]. The summed E-state index contributed by atoms with van der Waals surface area (Å²) in [6.45, 7) is 9.07. The van der Waals surface area contributed by atoms with Crippen molar-refractivity contribution in [2.75, 3.05) is 39.6 Å². The van der Waals surface area contributed by atoms with Crippen LogP contribution in [0.5, 0.6) is 0 Å². The summed E-state index contributed by atoms with van der Waals surface area (Å²) < 4.78 is 163. The van der Waals surface area contributed by atoms with Crippen LogP contribution in [0.2, 0.25) is 0 Å². The molecule has 0 bridgehead atoms. The molecule has 2 aromatic rings. The van der Waals surface area contributed by atoms with Crippen LogP contribution in [0.4, 0.5) is 52.7 Å². The first kappa shape index (κ1) is 64.2. The van der Waals surface area contributed by atoms with Crippen LogP contribution in [0.15, 0.2) is 36.4 Å². The van der Waals surface area contributed by atoms with Gasteiger partial charge in [0.25, 0.3) is 0 Å². The van der Waals surface area contributed by atoms with Gasteiger partial charge in [0.2, 0.25) is 0 Å². The molecule has 3 fully saturated rings. The Morgan fingerprint density at radius 2 is 0.607 bits per heavy atom. The average molecular weight is 1080 g/mol. The molecule has 0 saturated carbocycles. The zero-order valence-corrected chi connectivity index (χ0v) is 35.6. The van der Waals surface area contributed by atoms with Crippen LogP contribution in [0.3, 0.4) is 0 Å². The molecule has 0 amide bonds. The Hall–Kier alpha value is -3.39. The molecule has 3 aliphatic heterocycles. The molecule has 25 heteroatoms. The summed E-state index contributed by atoms with van der Waals surface area (Å²) in [5.41, 5.74) is -11.3. The van der Waals surface area contributed by atoms with Gasteiger partial charge in [0.05, 0.1) is 34.2 Å². The van der Waals surface area contributed by atoms with E-state index in [1.807, 2.05) is 0 Å². The maximum absolute atomic E-state index is 12.3. The third kappa shape index (κ3) is 29.5. The molecule has 0 N–H and O–H groups in total. The van der Waals surface area contributed by atoms with Crippen LogP contribution in [-0.4, -0.2) is 63.5 Å². The Morgan fingerprint density at radius 1 is 0.443 bits per heavy atom. The molecule has 0 aromatic heterocycles. The number of ether oxygens (including phenoxy) is 3. The minimum atomic E-state index is -5.20. The van der Waals surface area contributed by atoms with Crippen molar-refractivity contribution in [1.29, 1.82) is 0 Å². The summed E-state index contributed by atoms with van der Waals surface area (Å²) in [4.78, 5) is 39.4. The van der Waals surface area contributed by atoms with Crippen molar-refractivity contribution in [2.45, 2.75) is 89.9 Å². The fourth-order valence-corrected chi connectivity index (χ4v) is 4.02. The van der Waals surface area contributed by atoms with Gasteiger partial charge in [-0.15, -0.1) is 0 Å². The molecular weight excluding hydrogens is 1040 g/mol. The predicted molar refractivity (Wildman–Crippen MR) is 172 cm³/mol. The zero-order chi connectivity index (χ0) is 46.0. The van der Waals surface area contributed by atoms with Crippen LogP contribution in [-0.2, 0) is 87.5 Å². The standard InChI is InChI=1S/2C9H4F6O2.3C4H8O.2C3H6O2.2Ru/c2*10-8(11,12)4-2-1-3-5(9(13,14)15)6(4)7(16)17;3*1-2-4-5-3-1;2*1-2-3(4)5;;/h2*1-3H,(H,16,17);3*1-4H2;2*2H2,1H3,(H,4,5);;/q;;;;;;;2*+2/p-4. The van der Waals surface area contributed by atoms with Crippen molar-refractivity contribution in [3.05, 3.63) is 69.8 Å². The Labute approximate surface area is 367 Å². The smallest absolute Gasteiger partial charge is 0.550 e. The molecule has 5 rings (SSSR count). The predicted octanol–water partition coefficient (Wildman–Crippen LogP) is 4.85. The molecule has 0 spiro atoms. The van der Waals surface area contributed by atoms with Gasteiger partial charge in [0.15, 0.2) is 0 Å². The maximum Gasteiger partial charge on any atom is 2.00 e. The van der Waals surface area contributed by atoms with E-state index in [2.05, 4.69) is 0 Å². The fraction of sp³-hybridized carbons (Fsp3) is 0.556. The molecule has 350 valence electrons. The topological polar surface area (TPSA) is 188 Å². The van der Waals surface area contributed by atoms with Gasteiger partial charge in [-0.25, -0.2) is 0 Å². The number of hydrogen-bond donors (Lipinski definition) is 0. The number of carboxylic acids is 4. The third-order valence-electron chi connectivity index (χ3n) is 6.82. The van der Waals surface area contributed by atoms with Crippen LogP contribution in [0, 0.1) is 0 Å². The second-order valence-electron chi connectivity index (χ2n) is 11.4. The Balaban J connectivity index is -0.000000337. The van der Waals surface area contributed by atoms with E-state index in [1.54, 1.807) is 0 Å². The van der Waals surface area contributed by atoms with Crippen molar-refractivity contribution < 1.29 is 145 Å². The Bertz CT molecular complexity index is 1350. The minimum Gasteiger partial charge on any atom is -0.550 e. The van der Waals surface area contributed by atoms with Crippen molar-refractivity contribution in [3.63, 3.8) is 0 Å². The van der Waals surface area contributed by atoms with E-state index >= 15 is 0 Å². The van der Waals surface area contributed by atoms with E-state index in [4.69, 9.17) is 14.2 Å². The van der Waals surface area contributed by atoms with Gasteiger partial charge in [0.1, 0.15) is 0 Å². The first-order chi connectivity index (χ1) is 27.1. The number of rotatable bonds is 4. The molecule has 0 unspecified atom stereocenters. The molecule has 11 nitrogen and oxygen atoms in total. The number of alkyl halides is 12. The van der Waals surface area contributed by atoms with Crippen LogP contribution < -0.4 is 20.4 Å². The zero-order valence-electron chi connectivity index (χ0n) is 32.1. The number of carbonyl (C=O) groups is 4. The van der Waals surface area contributed by atoms with E-state index < -0.39 is 82.0 Å². The molecule has 3 aliphatic rings. The van der Waals surface area contributed by atoms with E-state index in [-0.39, 0.29) is 76.1 Å². The molecule has 61 heavy (non-hydrogen) atoms. The summed E-state index contributed by atoms with van der Waals surface area (Å²) in [5, 5.41) is 39.4. The summed E-state index contributed by atoms with van der Waals surface area (Å²) in [6.07, 6.45) is -12.9. The quantitative estimate of drug-likeness (QED) is 0.301. The monoisotopic (exact) mass is 1080 g/mol. The maximum atomic E-state index is 12.3. The third-order valence-corrected chi connectivity index (χ3v) is 6.82. The first-order valence-electron chi connectivity index (χ1n) is 17.2. The van der Waals surface area contributed by atoms with E-state index in [9.17, 15) is 92.3 Å². The largest absolute Gasteiger partial charge is 2.00 e. The Kier molecular flexibility index (Phi) is 34.0. The molecular formula is C36H40F12O11Ru2. The molecule has 0 aliphatic carbocycles. The number of aromatic carboxylic acids is 2. The minimum absolute atomic E-state index is 0. The molecule has 2 aromatic carbocycles. The van der Waals surface area contributed by atoms with Gasteiger partial charge < -0.3 is 53.8 Å². The molecule has 0 radical (unpaired) electrons. The van der Waals surface area contributed by atoms with Gasteiger partial charge in [-0.1, -0.05) is 26.0 Å². The second kappa shape index (κ2) is 32.3.